The number of nitrogens with one attached hydrogen (secondary N) is 1. The maximum atomic E-state index is 9.79. The van der Waals surface area contributed by atoms with Crippen molar-refractivity contribution in [3.8, 4) is 5.75 Å². The first-order valence-corrected chi connectivity index (χ1v) is 7.76. The molecule has 1 atom stereocenters. The van der Waals surface area contributed by atoms with E-state index in [1.807, 2.05) is 6.07 Å². The van der Waals surface area contributed by atoms with Crippen LogP contribution < -0.4 is 4.90 Å². The fraction of sp³-hybridized carbons (Fsp3) is 0.278. The Bertz CT molecular complexity index is 626. The molecule has 0 spiro atoms. The van der Waals surface area contributed by atoms with E-state index in [4.69, 9.17) is 11.6 Å². The van der Waals surface area contributed by atoms with Gasteiger partial charge in [-0.3, -0.25) is 4.99 Å². The first-order chi connectivity index (χ1) is 10.6. The van der Waals surface area contributed by atoms with Gasteiger partial charge in [-0.2, -0.15) is 0 Å². The van der Waals surface area contributed by atoms with Gasteiger partial charge in [-0.15, -0.1) is 0 Å². The third kappa shape index (κ3) is 4.86. The largest absolute Gasteiger partial charge is 0.507 e. The maximum Gasteiger partial charge on any atom is 0.124 e. The summed E-state index contributed by atoms with van der Waals surface area (Å²) in [5.74, 6) is 0.199. The maximum absolute atomic E-state index is 9.79. The highest BCUT2D eigenvalue weighted by Crippen LogP contribution is 2.19. The highest BCUT2D eigenvalue weighted by atomic mass is 35.5. The molecule has 2 rings (SSSR count). The fourth-order valence-electron chi connectivity index (χ4n) is 2.26. The summed E-state index contributed by atoms with van der Waals surface area (Å²) in [6.45, 7) is 0.698. The number of benzene rings is 2. The van der Waals surface area contributed by atoms with Crippen molar-refractivity contribution < 1.29 is 10.0 Å². The summed E-state index contributed by atoms with van der Waals surface area (Å²) in [4.78, 5) is 5.85. The second kappa shape index (κ2) is 7.97. The molecule has 116 valence electrons. The molecule has 0 unspecified atom stereocenters. The number of nitrogens with zero attached hydrogens (tertiary/aromatic N) is 1. The van der Waals surface area contributed by atoms with Gasteiger partial charge >= 0.3 is 0 Å². The van der Waals surface area contributed by atoms with Gasteiger partial charge in [-0.25, -0.2) is 0 Å². The third-order valence-electron chi connectivity index (χ3n) is 3.69. The molecule has 0 aliphatic rings. The number of phenolic OH excluding ortho intramolecular Hbond substituents is 1. The Balaban J connectivity index is 2.02. The zero-order valence-corrected chi connectivity index (χ0v) is 13.7. The Morgan fingerprint density at radius 1 is 1.18 bits per heavy atom. The Hall–Kier alpha value is -1.84. The predicted molar refractivity (Wildman–Crippen MR) is 92.3 cm³/mol. The van der Waals surface area contributed by atoms with Gasteiger partial charge in [0.2, 0.25) is 0 Å². The summed E-state index contributed by atoms with van der Waals surface area (Å²) in [6.07, 6.45) is 2.67. The summed E-state index contributed by atoms with van der Waals surface area (Å²) in [5, 5.41) is 10.4. The van der Waals surface area contributed by atoms with E-state index in [9.17, 15) is 5.11 Å². The number of aliphatic imine (C=N–C) groups is 1. The Kier molecular flexibility index (Phi) is 5.99. The molecule has 2 aromatic carbocycles. The van der Waals surface area contributed by atoms with Gasteiger partial charge in [0.15, 0.2) is 0 Å². The number of halogens is 1. The van der Waals surface area contributed by atoms with Crippen molar-refractivity contribution in [2.45, 2.75) is 12.5 Å². The van der Waals surface area contributed by atoms with Gasteiger partial charge in [-0.05, 0) is 23.8 Å². The second-order valence-corrected chi connectivity index (χ2v) is 6.10. The van der Waals surface area contributed by atoms with Crippen molar-refractivity contribution in [1.82, 2.24) is 0 Å². The Morgan fingerprint density at radius 3 is 2.59 bits per heavy atom. The molecule has 2 N–H and O–H groups in total. The zero-order chi connectivity index (χ0) is 15.9. The smallest absolute Gasteiger partial charge is 0.124 e. The van der Waals surface area contributed by atoms with Crippen molar-refractivity contribution in [3.05, 3.63) is 64.7 Å². The average molecular weight is 318 g/mol. The normalized spacial score (nSPS) is 12.9. The van der Waals surface area contributed by atoms with Crippen LogP contribution in [-0.2, 0) is 6.42 Å². The summed E-state index contributed by atoms with van der Waals surface area (Å²) in [6, 6.07) is 15.8. The number of likely N-dealkylation sites (N-methyl/N-ethyl adjacent to an activating group) is 1. The Labute approximate surface area is 136 Å². The number of phenols is 1. The van der Waals surface area contributed by atoms with Crippen LogP contribution in [0.25, 0.3) is 0 Å². The van der Waals surface area contributed by atoms with E-state index in [0.29, 0.717) is 23.2 Å². The van der Waals surface area contributed by atoms with Crippen LogP contribution in [0.5, 0.6) is 5.75 Å². The fourth-order valence-corrected chi connectivity index (χ4v) is 2.44. The average Bonchev–Trinajstić information content (AvgIpc) is 2.50. The standard InChI is InChI=1S/C18H21ClN2O/c1-21(2)17(10-14-6-4-3-5-7-14)13-20-12-15-11-16(19)8-9-18(15)22/h3-9,11-12,17,22H,10,13H2,1-2H3/p+1/t17-/m1/s1. The molecule has 0 aliphatic heterocycles. The van der Waals surface area contributed by atoms with Gasteiger partial charge in [0.1, 0.15) is 11.8 Å². The molecule has 4 heteroatoms. The summed E-state index contributed by atoms with van der Waals surface area (Å²) >= 11 is 5.94. The van der Waals surface area contributed by atoms with Crippen molar-refractivity contribution >= 4 is 17.8 Å². The van der Waals surface area contributed by atoms with Crippen LogP contribution in [0.2, 0.25) is 5.02 Å². The molecule has 0 heterocycles. The van der Waals surface area contributed by atoms with Crippen molar-refractivity contribution in [1.29, 1.82) is 0 Å². The summed E-state index contributed by atoms with van der Waals surface area (Å²) in [7, 11) is 4.28. The molecular weight excluding hydrogens is 296 g/mol. The first kappa shape index (κ1) is 16.5. The van der Waals surface area contributed by atoms with E-state index in [-0.39, 0.29) is 5.75 Å². The summed E-state index contributed by atoms with van der Waals surface area (Å²) < 4.78 is 0. The monoisotopic (exact) mass is 317 g/mol. The lowest BCUT2D eigenvalue weighted by Crippen LogP contribution is -3.11. The molecule has 0 radical (unpaired) electrons. The van der Waals surface area contributed by atoms with Crippen LogP contribution in [0.1, 0.15) is 11.1 Å². The number of hydrogen-bond acceptors (Lipinski definition) is 2. The van der Waals surface area contributed by atoms with Crippen LogP contribution in [-0.4, -0.2) is 38.0 Å². The highest BCUT2D eigenvalue weighted by molar-refractivity contribution is 6.30. The van der Waals surface area contributed by atoms with Crippen LogP contribution in [0.3, 0.4) is 0 Å². The number of rotatable bonds is 6. The number of aromatic hydroxyl groups is 1. The molecule has 2 aromatic rings. The lowest BCUT2D eigenvalue weighted by Gasteiger charge is -2.19. The van der Waals surface area contributed by atoms with Gasteiger partial charge in [-0.1, -0.05) is 41.9 Å². The van der Waals surface area contributed by atoms with Gasteiger partial charge in [0, 0.05) is 23.2 Å². The minimum absolute atomic E-state index is 0.199. The molecule has 3 nitrogen and oxygen atoms in total. The molecular formula is C18H22ClN2O+. The van der Waals surface area contributed by atoms with Crippen molar-refractivity contribution in [2.75, 3.05) is 20.6 Å². The van der Waals surface area contributed by atoms with Crippen molar-refractivity contribution in [3.63, 3.8) is 0 Å². The molecule has 22 heavy (non-hydrogen) atoms. The lowest BCUT2D eigenvalue weighted by molar-refractivity contribution is -0.883. The molecule has 0 bridgehead atoms. The third-order valence-corrected chi connectivity index (χ3v) is 3.92. The van der Waals surface area contributed by atoms with E-state index in [1.165, 1.54) is 10.5 Å². The molecule has 0 aliphatic carbocycles. The minimum Gasteiger partial charge on any atom is -0.507 e. The van der Waals surface area contributed by atoms with E-state index in [0.717, 1.165) is 6.42 Å². The van der Waals surface area contributed by atoms with Gasteiger partial charge in [0.25, 0.3) is 0 Å². The number of quaternary nitrogens is 1. The van der Waals surface area contributed by atoms with E-state index < -0.39 is 0 Å². The molecule has 0 saturated heterocycles. The van der Waals surface area contributed by atoms with Gasteiger partial charge in [0.05, 0.1) is 20.6 Å². The van der Waals surface area contributed by atoms with E-state index in [2.05, 4.69) is 43.4 Å². The predicted octanol–water partition coefficient (Wildman–Crippen LogP) is 2.22. The molecule has 0 fully saturated rings. The quantitative estimate of drug-likeness (QED) is 0.788. The van der Waals surface area contributed by atoms with Crippen LogP contribution in [0, 0.1) is 0 Å². The molecule has 0 saturated carbocycles. The minimum atomic E-state index is 0.199. The summed E-state index contributed by atoms with van der Waals surface area (Å²) in [5.41, 5.74) is 1.97. The van der Waals surface area contributed by atoms with Crippen LogP contribution in [0.4, 0.5) is 0 Å². The Morgan fingerprint density at radius 2 is 1.91 bits per heavy atom. The number of hydrogen-bond donors (Lipinski definition) is 2. The molecule has 0 aromatic heterocycles. The van der Waals surface area contributed by atoms with E-state index in [1.54, 1.807) is 24.4 Å². The first-order valence-electron chi connectivity index (χ1n) is 7.38. The lowest BCUT2D eigenvalue weighted by atomic mass is 10.1. The second-order valence-electron chi connectivity index (χ2n) is 5.66. The molecule has 0 amide bonds. The van der Waals surface area contributed by atoms with Crippen molar-refractivity contribution in [2.24, 2.45) is 4.99 Å². The van der Waals surface area contributed by atoms with Crippen LogP contribution >= 0.6 is 11.6 Å². The topological polar surface area (TPSA) is 37.0 Å². The highest BCUT2D eigenvalue weighted by Gasteiger charge is 2.14. The van der Waals surface area contributed by atoms with Crippen LogP contribution in [0.15, 0.2) is 53.5 Å². The SMILES string of the molecule is C[NH+](C)[C@@H](CN=Cc1cc(Cl)ccc1O)Cc1ccccc1. The van der Waals surface area contributed by atoms with E-state index >= 15 is 0 Å². The zero-order valence-electron chi connectivity index (χ0n) is 13.0. The van der Waals surface area contributed by atoms with Gasteiger partial charge < -0.3 is 10.0 Å².